The lowest BCUT2D eigenvalue weighted by molar-refractivity contribution is -0.121. The van der Waals surface area contributed by atoms with E-state index in [1.807, 2.05) is 19.1 Å². The molecule has 1 aliphatic heterocycles. The van der Waals surface area contributed by atoms with Crippen LogP contribution in [0.4, 0.5) is 5.69 Å². The number of carbonyl (C=O) groups excluding carboxylic acids is 2. The molecule has 0 bridgehead atoms. The summed E-state index contributed by atoms with van der Waals surface area (Å²) >= 11 is 1.14. The highest BCUT2D eigenvalue weighted by molar-refractivity contribution is 8.03. The first-order chi connectivity index (χ1) is 15.0. The number of anilines is 1. The molecule has 0 spiro atoms. The second-order valence-electron chi connectivity index (χ2n) is 6.73. The van der Waals surface area contributed by atoms with Crippen LogP contribution in [0.5, 0.6) is 11.5 Å². The van der Waals surface area contributed by atoms with Gasteiger partial charge in [-0.1, -0.05) is 23.9 Å². The SMILES string of the molecule is CCOc1ccc(NC(=O)CSC2=C(C#N)[C@H](c3ccc(OC)cc3)CC(=O)N2)cc1. The zero-order chi connectivity index (χ0) is 22.2. The molecule has 0 aromatic heterocycles. The first kappa shape index (κ1) is 22.2. The fraction of sp³-hybridized carbons (Fsp3) is 0.261. The van der Waals surface area contributed by atoms with E-state index in [9.17, 15) is 14.9 Å². The van der Waals surface area contributed by atoms with Crippen LogP contribution in [0.25, 0.3) is 0 Å². The van der Waals surface area contributed by atoms with Crippen molar-refractivity contribution in [2.45, 2.75) is 19.3 Å². The Labute approximate surface area is 185 Å². The van der Waals surface area contributed by atoms with Crippen LogP contribution in [0, 0.1) is 11.3 Å². The summed E-state index contributed by atoms with van der Waals surface area (Å²) in [6.07, 6.45) is 0.178. The van der Waals surface area contributed by atoms with Crippen LogP contribution >= 0.6 is 11.8 Å². The van der Waals surface area contributed by atoms with Crippen molar-refractivity contribution >= 4 is 29.3 Å². The number of hydrogen-bond acceptors (Lipinski definition) is 6. The van der Waals surface area contributed by atoms with Gasteiger partial charge in [0, 0.05) is 18.0 Å². The van der Waals surface area contributed by atoms with Gasteiger partial charge >= 0.3 is 0 Å². The molecule has 7 nitrogen and oxygen atoms in total. The molecule has 0 fully saturated rings. The first-order valence-electron chi connectivity index (χ1n) is 9.77. The Balaban J connectivity index is 1.69. The molecule has 2 amide bonds. The summed E-state index contributed by atoms with van der Waals surface area (Å²) in [7, 11) is 1.58. The normalized spacial score (nSPS) is 15.6. The standard InChI is InChI=1S/C23H23N3O4S/c1-3-30-18-10-6-16(7-11-18)25-22(28)14-31-23-20(13-24)19(12-21(27)26-23)15-4-8-17(29-2)9-5-15/h4-11,19H,3,12,14H2,1-2H3,(H,25,28)(H,26,27)/t19-/m0/s1. The number of amides is 2. The average molecular weight is 438 g/mol. The van der Waals surface area contributed by atoms with E-state index in [0.717, 1.165) is 23.1 Å². The van der Waals surface area contributed by atoms with Crippen molar-refractivity contribution in [2.75, 3.05) is 24.8 Å². The highest BCUT2D eigenvalue weighted by Crippen LogP contribution is 2.36. The Morgan fingerprint density at radius 3 is 2.48 bits per heavy atom. The molecule has 160 valence electrons. The quantitative estimate of drug-likeness (QED) is 0.651. The van der Waals surface area contributed by atoms with Gasteiger partial charge in [-0.2, -0.15) is 5.26 Å². The maximum atomic E-state index is 12.4. The number of hydrogen-bond donors (Lipinski definition) is 2. The van der Waals surface area contributed by atoms with Gasteiger partial charge in [0.2, 0.25) is 11.8 Å². The van der Waals surface area contributed by atoms with Crippen LogP contribution in [-0.2, 0) is 9.59 Å². The molecule has 0 aliphatic carbocycles. The lowest BCUT2D eigenvalue weighted by Gasteiger charge is -2.25. The number of nitrogens with one attached hydrogen (secondary N) is 2. The van der Waals surface area contributed by atoms with E-state index in [4.69, 9.17) is 9.47 Å². The number of carbonyl (C=O) groups is 2. The average Bonchev–Trinajstić information content (AvgIpc) is 2.79. The predicted octanol–water partition coefficient (Wildman–Crippen LogP) is 3.80. The minimum Gasteiger partial charge on any atom is -0.497 e. The molecule has 0 saturated heterocycles. The van der Waals surface area contributed by atoms with Gasteiger partial charge in [-0.3, -0.25) is 9.59 Å². The van der Waals surface area contributed by atoms with E-state index in [-0.39, 0.29) is 29.9 Å². The zero-order valence-corrected chi connectivity index (χ0v) is 18.1. The van der Waals surface area contributed by atoms with Crippen molar-refractivity contribution in [3.63, 3.8) is 0 Å². The fourth-order valence-corrected chi connectivity index (χ4v) is 4.07. The van der Waals surface area contributed by atoms with E-state index < -0.39 is 0 Å². The molecular formula is C23H23N3O4S. The molecule has 0 unspecified atom stereocenters. The minimum absolute atomic E-state index is 0.0589. The summed E-state index contributed by atoms with van der Waals surface area (Å²) in [6, 6.07) is 16.6. The van der Waals surface area contributed by atoms with Gasteiger partial charge < -0.3 is 20.1 Å². The minimum atomic E-state index is -0.360. The van der Waals surface area contributed by atoms with Gasteiger partial charge in [0.15, 0.2) is 0 Å². The molecule has 8 heteroatoms. The van der Waals surface area contributed by atoms with Crippen molar-refractivity contribution in [3.05, 3.63) is 64.7 Å². The van der Waals surface area contributed by atoms with Gasteiger partial charge in [-0.05, 0) is 48.9 Å². The monoisotopic (exact) mass is 437 g/mol. The van der Waals surface area contributed by atoms with Crippen molar-refractivity contribution in [2.24, 2.45) is 0 Å². The van der Waals surface area contributed by atoms with E-state index in [0.29, 0.717) is 28.6 Å². The lowest BCUT2D eigenvalue weighted by atomic mass is 9.87. The van der Waals surface area contributed by atoms with E-state index in [2.05, 4.69) is 16.7 Å². The molecule has 2 aromatic carbocycles. The highest BCUT2D eigenvalue weighted by atomic mass is 32.2. The smallest absolute Gasteiger partial charge is 0.234 e. The van der Waals surface area contributed by atoms with Crippen LogP contribution in [0.1, 0.15) is 24.8 Å². The fourth-order valence-electron chi connectivity index (χ4n) is 3.19. The number of nitriles is 1. The molecule has 2 aromatic rings. The predicted molar refractivity (Wildman–Crippen MR) is 120 cm³/mol. The zero-order valence-electron chi connectivity index (χ0n) is 17.3. The molecule has 0 saturated carbocycles. The third kappa shape index (κ3) is 5.80. The molecule has 3 rings (SSSR count). The molecule has 0 radical (unpaired) electrons. The lowest BCUT2D eigenvalue weighted by Crippen LogP contribution is -2.31. The van der Waals surface area contributed by atoms with E-state index in [1.165, 1.54) is 0 Å². The summed E-state index contributed by atoms with van der Waals surface area (Å²) in [6.45, 7) is 2.47. The van der Waals surface area contributed by atoms with Gasteiger partial charge in [-0.25, -0.2) is 0 Å². The molecule has 2 N–H and O–H groups in total. The summed E-state index contributed by atoms with van der Waals surface area (Å²) in [5.41, 5.74) is 1.94. The highest BCUT2D eigenvalue weighted by Gasteiger charge is 2.29. The molecular weight excluding hydrogens is 414 g/mol. The van der Waals surface area contributed by atoms with E-state index in [1.54, 1.807) is 43.5 Å². The Morgan fingerprint density at radius 1 is 1.19 bits per heavy atom. The Bertz CT molecular complexity index is 1010. The maximum Gasteiger partial charge on any atom is 0.234 e. The van der Waals surface area contributed by atoms with Gasteiger partial charge in [0.25, 0.3) is 0 Å². The Hall–Kier alpha value is -3.44. The number of methoxy groups -OCH3 is 1. The second kappa shape index (κ2) is 10.5. The molecule has 1 atom stereocenters. The second-order valence-corrected chi connectivity index (χ2v) is 7.71. The number of rotatable bonds is 8. The molecule has 1 heterocycles. The Kier molecular flexibility index (Phi) is 7.57. The van der Waals surface area contributed by atoms with Crippen LogP contribution in [-0.4, -0.2) is 31.3 Å². The van der Waals surface area contributed by atoms with Crippen LogP contribution in [0.15, 0.2) is 59.1 Å². The summed E-state index contributed by atoms with van der Waals surface area (Å²) in [4.78, 5) is 24.6. The van der Waals surface area contributed by atoms with Crippen molar-refractivity contribution < 1.29 is 19.1 Å². The summed E-state index contributed by atoms with van der Waals surface area (Å²) in [5, 5.41) is 15.7. The van der Waals surface area contributed by atoms with Gasteiger partial charge in [-0.15, -0.1) is 0 Å². The number of thioether (sulfide) groups is 1. The third-order valence-corrected chi connectivity index (χ3v) is 5.69. The molecule has 31 heavy (non-hydrogen) atoms. The third-order valence-electron chi connectivity index (χ3n) is 4.67. The number of nitrogens with zero attached hydrogens (tertiary/aromatic N) is 1. The topological polar surface area (TPSA) is 100 Å². The van der Waals surface area contributed by atoms with Crippen molar-refractivity contribution in [3.8, 4) is 17.6 Å². The van der Waals surface area contributed by atoms with Crippen LogP contribution in [0.3, 0.4) is 0 Å². The summed E-state index contributed by atoms with van der Waals surface area (Å²) in [5.74, 6) is 0.708. The maximum absolute atomic E-state index is 12.4. The summed E-state index contributed by atoms with van der Waals surface area (Å²) < 4.78 is 10.6. The van der Waals surface area contributed by atoms with Crippen LogP contribution < -0.4 is 20.1 Å². The number of allylic oxidation sites excluding steroid dienone is 1. The van der Waals surface area contributed by atoms with E-state index >= 15 is 0 Å². The van der Waals surface area contributed by atoms with Gasteiger partial charge in [0.1, 0.15) is 11.5 Å². The first-order valence-corrected chi connectivity index (χ1v) is 10.8. The van der Waals surface area contributed by atoms with Crippen molar-refractivity contribution in [1.82, 2.24) is 5.32 Å². The van der Waals surface area contributed by atoms with Crippen molar-refractivity contribution in [1.29, 1.82) is 5.26 Å². The number of benzene rings is 2. The van der Waals surface area contributed by atoms with Gasteiger partial charge in [0.05, 0.1) is 36.1 Å². The molecule has 1 aliphatic rings. The number of ether oxygens (including phenoxy) is 2. The Morgan fingerprint density at radius 2 is 1.87 bits per heavy atom. The largest absolute Gasteiger partial charge is 0.497 e. The van der Waals surface area contributed by atoms with Crippen LogP contribution in [0.2, 0.25) is 0 Å².